The minimum atomic E-state index is -4.30. The standard InChI is InChI=1S/C32H38ClN3O6S2/c1-3-9-30(38)36(17-16-34-32(40)25(21-43)18-23-10-5-4-6-11-23)20-24-14-15-26(28(33)19-24)27-12-7-8-13-29(27)44(41,42)35-31(39)22(2)37/h4-8,10-15,19,22,25,37,43H,3,9,16-18,20-21H2,1-2H3,(H,34,40)(H,35,39). The van der Waals surface area contributed by atoms with Crippen LogP contribution in [-0.4, -0.2) is 61.1 Å². The lowest BCUT2D eigenvalue weighted by Gasteiger charge is -2.24. The molecule has 236 valence electrons. The van der Waals surface area contributed by atoms with Crippen LogP contribution in [0.15, 0.2) is 77.7 Å². The molecular weight excluding hydrogens is 622 g/mol. The lowest BCUT2D eigenvalue weighted by molar-refractivity contribution is -0.132. The molecule has 0 spiro atoms. The maximum absolute atomic E-state index is 13.0. The minimum absolute atomic E-state index is 0.0673. The van der Waals surface area contributed by atoms with Gasteiger partial charge in [-0.05, 0) is 43.0 Å². The van der Waals surface area contributed by atoms with Crippen LogP contribution >= 0.6 is 24.2 Å². The molecule has 0 saturated carbocycles. The Kier molecular flexibility index (Phi) is 13.3. The number of thiol groups is 1. The number of aliphatic hydroxyl groups excluding tert-OH is 1. The number of rotatable bonds is 15. The molecule has 9 nitrogen and oxygen atoms in total. The van der Waals surface area contributed by atoms with Crippen LogP contribution in [0, 0.1) is 5.92 Å². The number of benzene rings is 3. The van der Waals surface area contributed by atoms with Crippen molar-refractivity contribution in [1.29, 1.82) is 0 Å². The number of sulfonamides is 1. The summed E-state index contributed by atoms with van der Waals surface area (Å²) in [5.74, 6) is -1.16. The summed E-state index contributed by atoms with van der Waals surface area (Å²) in [5.41, 5.74) is 2.45. The Morgan fingerprint density at radius 3 is 2.27 bits per heavy atom. The third kappa shape index (κ3) is 9.82. The number of nitrogens with one attached hydrogen (secondary N) is 2. The van der Waals surface area contributed by atoms with E-state index in [9.17, 15) is 27.9 Å². The van der Waals surface area contributed by atoms with Crippen molar-refractivity contribution in [3.05, 3.63) is 88.9 Å². The van der Waals surface area contributed by atoms with Gasteiger partial charge in [-0.25, -0.2) is 13.1 Å². The molecule has 44 heavy (non-hydrogen) atoms. The van der Waals surface area contributed by atoms with E-state index in [4.69, 9.17) is 11.6 Å². The van der Waals surface area contributed by atoms with Crippen LogP contribution in [0.4, 0.5) is 0 Å². The first-order valence-corrected chi connectivity index (χ1v) is 16.8. The van der Waals surface area contributed by atoms with Crippen molar-refractivity contribution in [2.45, 2.75) is 50.7 Å². The molecule has 12 heteroatoms. The summed E-state index contributed by atoms with van der Waals surface area (Å²) in [4.78, 5) is 39.2. The molecule has 0 saturated heterocycles. The predicted molar refractivity (Wildman–Crippen MR) is 175 cm³/mol. The highest BCUT2D eigenvalue weighted by Gasteiger charge is 2.25. The molecule has 3 rings (SSSR count). The monoisotopic (exact) mass is 659 g/mol. The van der Waals surface area contributed by atoms with Crippen LogP contribution in [0.1, 0.15) is 37.8 Å². The van der Waals surface area contributed by atoms with E-state index in [0.29, 0.717) is 37.1 Å². The van der Waals surface area contributed by atoms with Gasteiger partial charge < -0.3 is 15.3 Å². The summed E-state index contributed by atoms with van der Waals surface area (Å²) in [6, 6.07) is 20.9. The van der Waals surface area contributed by atoms with Crippen molar-refractivity contribution in [3.63, 3.8) is 0 Å². The molecule has 0 aliphatic rings. The van der Waals surface area contributed by atoms with Crippen molar-refractivity contribution >= 4 is 52.0 Å². The minimum Gasteiger partial charge on any atom is -0.384 e. The van der Waals surface area contributed by atoms with Crippen molar-refractivity contribution in [2.75, 3.05) is 18.8 Å². The van der Waals surface area contributed by atoms with Gasteiger partial charge in [0.05, 0.1) is 10.8 Å². The van der Waals surface area contributed by atoms with Crippen molar-refractivity contribution in [3.8, 4) is 11.1 Å². The third-order valence-corrected chi connectivity index (χ3v) is 9.06. The van der Waals surface area contributed by atoms with Gasteiger partial charge >= 0.3 is 0 Å². The molecular formula is C32H38ClN3O6S2. The van der Waals surface area contributed by atoms with Crippen molar-refractivity contribution in [1.82, 2.24) is 14.9 Å². The molecule has 0 bridgehead atoms. The molecule has 0 aliphatic heterocycles. The van der Waals surface area contributed by atoms with Crippen LogP contribution in [-0.2, 0) is 37.4 Å². The van der Waals surface area contributed by atoms with Crippen LogP contribution in [0.5, 0.6) is 0 Å². The summed E-state index contributed by atoms with van der Waals surface area (Å²) in [6.07, 6.45) is 0.0647. The van der Waals surface area contributed by atoms with E-state index in [1.165, 1.54) is 19.1 Å². The van der Waals surface area contributed by atoms with E-state index in [1.807, 2.05) is 42.0 Å². The van der Waals surface area contributed by atoms with E-state index < -0.39 is 22.0 Å². The SMILES string of the molecule is CCCC(=O)N(CCNC(=O)C(CS)Cc1ccccc1)Cc1ccc(-c2ccccc2S(=O)(=O)NC(=O)C(C)O)c(Cl)c1. The number of halogens is 1. The van der Waals surface area contributed by atoms with E-state index >= 15 is 0 Å². The average molecular weight is 660 g/mol. The Balaban J connectivity index is 1.74. The second kappa shape index (κ2) is 16.6. The van der Waals surface area contributed by atoms with Gasteiger partial charge in [0, 0.05) is 48.0 Å². The summed E-state index contributed by atoms with van der Waals surface area (Å²) < 4.78 is 27.8. The van der Waals surface area contributed by atoms with Crippen LogP contribution < -0.4 is 10.0 Å². The smallest absolute Gasteiger partial charge is 0.264 e. The molecule has 0 fully saturated rings. The number of aliphatic hydroxyl groups is 1. The van der Waals surface area contributed by atoms with Crippen molar-refractivity contribution < 1.29 is 27.9 Å². The van der Waals surface area contributed by atoms with Gasteiger partial charge in [-0.3, -0.25) is 14.4 Å². The molecule has 0 aromatic heterocycles. The summed E-state index contributed by atoms with van der Waals surface area (Å²) in [6.45, 7) is 3.87. The maximum Gasteiger partial charge on any atom is 0.264 e. The quantitative estimate of drug-likeness (QED) is 0.181. The third-order valence-electron chi connectivity index (χ3n) is 6.90. The first-order valence-electron chi connectivity index (χ1n) is 14.3. The Hall–Kier alpha value is -3.38. The van der Waals surface area contributed by atoms with Gasteiger partial charge in [-0.2, -0.15) is 12.6 Å². The van der Waals surface area contributed by atoms with Gasteiger partial charge in [-0.1, -0.05) is 79.2 Å². The fourth-order valence-corrected chi connectivity index (χ4v) is 6.42. The molecule has 3 N–H and O–H groups in total. The van der Waals surface area contributed by atoms with E-state index in [2.05, 4.69) is 17.9 Å². The molecule has 0 aliphatic carbocycles. The summed E-state index contributed by atoms with van der Waals surface area (Å²) >= 11 is 11.0. The van der Waals surface area contributed by atoms with Gasteiger partial charge in [-0.15, -0.1) is 0 Å². The summed E-state index contributed by atoms with van der Waals surface area (Å²) in [7, 11) is -4.30. The zero-order chi connectivity index (χ0) is 32.3. The number of amides is 3. The molecule has 3 aromatic carbocycles. The lowest BCUT2D eigenvalue weighted by Crippen LogP contribution is -2.40. The maximum atomic E-state index is 13.0. The first kappa shape index (κ1) is 35.1. The Morgan fingerprint density at radius 2 is 1.64 bits per heavy atom. The second-order valence-corrected chi connectivity index (χ2v) is 12.8. The highest BCUT2D eigenvalue weighted by atomic mass is 35.5. The largest absolute Gasteiger partial charge is 0.384 e. The van der Waals surface area contributed by atoms with Crippen molar-refractivity contribution in [2.24, 2.45) is 5.92 Å². The second-order valence-electron chi connectivity index (χ2n) is 10.4. The lowest BCUT2D eigenvalue weighted by atomic mass is 10.0. The van der Waals surface area contributed by atoms with E-state index in [1.54, 1.807) is 35.2 Å². The van der Waals surface area contributed by atoms with E-state index in [-0.39, 0.29) is 46.3 Å². The van der Waals surface area contributed by atoms with Gasteiger partial charge in [0.1, 0.15) is 6.10 Å². The van der Waals surface area contributed by atoms with Gasteiger partial charge in [0.25, 0.3) is 15.9 Å². The van der Waals surface area contributed by atoms with E-state index in [0.717, 1.165) is 11.1 Å². The average Bonchev–Trinajstić information content (AvgIpc) is 2.99. The fourth-order valence-electron chi connectivity index (χ4n) is 4.55. The molecule has 2 atom stereocenters. The molecule has 2 unspecified atom stereocenters. The highest BCUT2D eigenvalue weighted by molar-refractivity contribution is 7.90. The number of carbonyl (C=O) groups is 3. The number of nitrogens with zero attached hydrogens (tertiary/aromatic N) is 1. The highest BCUT2D eigenvalue weighted by Crippen LogP contribution is 2.33. The van der Waals surface area contributed by atoms with Crippen LogP contribution in [0.2, 0.25) is 5.02 Å². The summed E-state index contributed by atoms with van der Waals surface area (Å²) in [5, 5.41) is 12.6. The van der Waals surface area contributed by atoms with Gasteiger partial charge in [0.15, 0.2) is 0 Å². The molecule has 3 amide bonds. The number of hydrogen-bond donors (Lipinski definition) is 4. The fraction of sp³-hybridized carbons (Fsp3) is 0.344. The first-order chi connectivity index (χ1) is 21.0. The molecule has 0 heterocycles. The van der Waals surface area contributed by atoms with Gasteiger partial charge in [0.2, 0.25) is 11.8 Å². The zero-order valence-electron chi connectivity index (χ0n) is 24.7. The Bertz CT molecular complexity index is 1550. The Morgan fingerprint density at radius 1 is 0.955 bits per heavy atom. The number of hydrogen-bond acceptors (Lipinski definition) is 7. The zero-order valence-corrected chi connectivity index (χ0v) is 27.2. The number of carbonyl (C=O) groups excluding carboxylic acids is 3. The van der Waals surface area contributed by atoms with Crippen LogP contribution in [0.25, 0.3) is 11.1 Å². The predicted octanol–water partition coefficient (Wildman–Crippen LogP) is 4.23. The topological polar surface area (TPSA) is 133 Å². The molecule has 0 radical (unpaired) electrons. The Labute approximate surface area is 269 Å². The normalized spacial score (nSPS) is 12.7. The molecule has 3 aromatic rings. The van der Waals surface area contributed by atoms with Crippen LogP contribution in [0.3, 0.4) is 0 Å².